The molecule has 0 aliphatic rings. The lowest BCUT2D eigenvalue weighted by Crippen LogP contribution is -2.44. The first-order valence-corrected chi connectivity index (χ1v) is 8.39. The molecule has 22 heavy (non-hydrogen) atoms. The predicted octanol–water partition coefficient (Wildman–Crippen LogP) is 2.55. The zero-order valence-electron chi connectivity index (χ0n) is 13.1. The average molecular weight is 327 g/mol. The van der Waals surface area contributed by atoms with Crippen LogP contribution in [0, 0.1) is 5.92 Å². The topological polar surface area (TPSA) is 72.8 Å². The van der Waals surface area contributed by atoms with Crippen molar-refractivity contribution in [2.24, 2.45) is 5.92 Å². The fraction of sp³-hybridized carbons (Fsp3) is 0.562. The van der Waals surface area contributed by atoms with Gasteiger partial charge in [0.25, 0.3) is 5.34 Å². The maximum Gasteiger partial charge on any atom is 0.363 e. The molecule has 5 nitrogen and oxygen atoms in total. The summed E-state index contributed by atoms with van der Waals surface area (Å²) in [5.41, 5.74) is 1.06. The van der Waals surface area contributed by atoms with Crippen molar-refractivity contribution in [1.29, 1.82) is 0 Å². The summed E-state index contributed by atoms with van der Waals surface area (Å²) in [6.07, 6.45) is 1.02. The zero-order valence-corrected chi connectivity index (χ0v) is 14.1. The smallest absolute Gasteiger partial charge is 0.363 e. The lowest BCUT2D eigenvalue weighted by Gasteiger charge is -2.26. The third kappa shape index (κ3) is 4.87. The van der Waals surface area contributed by atoms with Gasteiger partial charge in [-0.05, 0) is 32.3 Å². The molecule has 1 aromatic carbocycles. The first kappa shape index (κ1) is 18.8. The molecular weight excluding hydrogens is 303 g/mol. The molecule has 0 amide bonds. The van der Waals surface area contributed by atoms with E-state index < -0.39 is 32.3 Å². The molecule has 0 aromatic heterocycles. The molecule has 0 bridgehead atoms. The van der Waals surface area contributed by atoms with E-state index in [0.29, 0.717) is 12.8 Å². The Kier molecular flexibility index (Phi) is 8.25. The van der Waals surface area contributed by atoms with Crippen molar-refractivity contribution in [3.8, 4) is 0 Å². The molecular formula is C16H24O5P+. The monoisotopic (exact) mass is 327 g/mol. The van der Waals surface area contributed by atoms with E-state index in [4.69, 9.17) is 9.47 Å². The van der Waals surface area contributed by atoms with Crippen molar-refractivity contribution in [2.45, 2.75) is 32.0 Å². The van der Waals surface area contributed by atoms with Gasteiger partial charge in [-0.25, -0.2) is 0 Å². The third-order valence-electron chi connectivity index (χ3n) is 3.51. The van der Waals surface area contributed by atoms with Crippen molar-refractivity contribution < 1.29 is 23.9 Å². The lowest BCUT2D eigenvalue weighted by atomic mass is 9.93. The Morgan fingerprint density at radius 3 is 2.45 bits per heavy atom. The summed E-state index contributed by atoms with van der Waals surface area (Å²) in [6.45, 7) is 3.46. The van der Waals surface area contributed by atoms with Gasteiger partial charge in [0, 0.05) is 6.61 Å². The second-order valence-electron chi connectivity index (χ2n) is 4.91. The van der Waals surface area contributed by atoms with E-state index in [1.807, 2.05) is 30.3 Å². The fourth-order valence-corrected chi connectivity index (χ4v) is 3.06. The van der Waals surface area contributed by atoms with E-state index in [-0.39, 0.29) is 13.2 Å². The standard InChI is InChI=1S/C16H23O5P/c1-3-20-15(18)14(16(12-17,22-19)21-4-2)11-10-13-8-6-5-7-9-13/h5-9,14,17H,3-4,10-12H2,1-2H3/p+1. The summed E-state index contributed by atoms with van der Waals surface area (Å²) in [7, 11) is -0.952. The molecule has 0 aliphatic carbocycles. The summed E-state index contributed by atoms with van der Waals surface area (Å²) in [5.74, 6) is -1.25. The maximum absolute atomic E-state index is 12.3. The Hall–Kier alpha value is -1.29. The van der Waals surface area contributed by atoms with Crippen LogP contribution in [0.5, 0.6) is 0 Å². The van der Waals surface area contributed by atoms with E-state index in [2.05, 4.69) is 0 Å². The molecule has 6 heteroatoms. The molecule has 1 aromatic rings. The molecule has 0 aliphatic heterocycles. The summed E-state index contributed by atoms with van der Waals surface area (Å²) < 4.78 is 22.2. The van der Waals surface area contributed by atoms with Crippen LogP contribution in [0.25, 0.3) is 0 Å². The van der Waals surface area contributed by atoms with Crippen LogP contribution >= 0.6 is 8.46 Å². The summed E-state index contributed by atoms with van der Waals surface area (Å²) in [6, 6.07) is 9.69. The second kappa shape index (κ2) is 9.67. The highest BCUT2D eigenvalue weighted by Crippen LogP contribution is 2.37. The van der Waals surface area contributed by atoms with Crippen molar-refractivity contribution in [2.75, 3.05) is 19.8 Å². The molecule has 122 valence electrons. The van der Waals surface area contributed by atoms with Crippen LogP contribution in [-0.2, 0) is 25.3 Å². The molecule has 0 spiro atoms. The van der Waals surface area contributed by atoms with Gasteiger partial charge in [-0.1, -0.05) is 34.9 Å². The van der Waals surface area contributed by atoms with Crippen LogP contribution < -0.4 is 0 Å². The number of aryl methyl sites for hydroxylation is 1. The van der Waals surface area contributed by atoms with Crippen molar-refractivity contribution in [1.82, 2.24) is 0 Å². The lowest BCUT2D eigenvalue weighted by molar-refractivity contribution is -0.159. The normalized spacial score (nSPS) is 15.2. The van der Waals surface area contributed by atoms with Crippen molar-refractivity contribution in [3.63, 3.8) is 0 Å². The van der Waals surface area contributed by atoms with E-state index in [1.54, 1.807) is 13.8 Å². The Labute approximate surface area is 132 Å². The van der Waals surface area contributed by atoms with Gasteiger partial charge in [0.05, 0.1) is 6.61 Å². The minimum atomic E-state index is -1.39. The van der Waals surface area contributed by atoms with Crippen LogP contribution in [0.1, 0.15) is 25.8 Å². The van der Waals surface area contributed by atoms with Gasteiger partial charge in [-0.3, -0.25) is 4.79 Å². The SMILES string of the molecule is CCOC(=O)C(CCc1ccccc1)C(CO)(OCC)[PH+]=O. The largest absolute Gasteiger partial charge is 0.466 e. The molecule has 1 N–H and O–H groups in total. The Bertz CT molecular complexity index is 465. The molecule has 1 rings (SSSR count). The fourth-order valence-electron chi connectivity index (χ4n) is 2.39. The van der Waals surface area contributed by atoms with Gasteiger partial charge in [0.15, 0.2) is 0 Å². The molecule has 0 radical (unpaired) electrons. The molecule has 0 saturated heterocycles. The highest BCUT2D eigenvalue weighted by Gasteiger charge is 2.52. The van der Waals surface area contributed by atoms with E-state index in [9.17, 15) is 14.5 Å². The quantitative estimate of drug-likeness (QED) is 0.528. The summed E-state index contributed by atoms with van der Waals surface area (Å²) in [4.78, 5) is 12.3. The molecule has 3 unspecified atom stereocenters. The summed E-state index contributed by atoms with van der Waals surface area (Å²) in [5, 5.41) is 8.27. The number of aliphatic hydroxyl groups is 1. The number of aliphatic hydroxyl groups excluding tert-OH is 1. The van der Waals surface area contributed by atoms with Gasteiger partial charge in [0.1, 0.15) is 12.5 Å². The first-order chi connectivity index (χ1) is 10.6. The van der Waals surface area contributed by atoms with Gasteiger partial charge < -0.3 is 14.6 Å². The Morgan fingerprint density at radius 2 is 1.95 bits per heavy atom. The highest BCUT2D eigenvalue weighted by atomic mass is 31.1. The minimum absolute atomic E-state index is 0.232. The van der Waals surface area contributed by atoms with Gasteiger partial charge >= 0.3 is 14.4 Å². The van der Waals surface area contributed by atoms with Crippen molar-refractivity contribution >= 4 is 14.4 Å². The number of carbonyl (C=O) groups is 1. The minimum Gasteiger partial charge on any atom is -0.466 e. The van der Waals surface area contributed by atoms with Crippen LogP contribution in [0.15, 0.2) is 30.3 Å². The average Bonchev–Trinajstić information content (AvgIpc) is 2.55. The number of carbonyl (C=O) groups excluding carboxylic acids is 1. The number of benzene rings is 1. The molecule has 0 fully saturated rings. The predicted molar refractivity (Wildman–Crippen MR) is 85.3 cm³/mol. The van der Waals surface area contributed by atoms with Crippen LogP contribution in [0.2, 0.25) is 0 Å². The molecule has 0 saturated carbocycles. The maximum atomic E-state index is 12.3. The van der Waals surface area contributed by atoms with Crippen LogP contribution in [0.3, 0.4) is 0 Å². The second-order valence-corrected chi connectivity index (χ2v) is 5.96. The third-order valence-corrected chi connectivity index (χ3v) is 4.50. The van der Waals surface area contributed by atoms with E-state index >= 15 is 0 Å². The number of esters is 1. The zero-order chi connectivity index (χ0) is 16.4. The van der Waals surface area contributed by atoms with Gasteiger partial charge in [-0.15, -0.1) is 0 Å². The van der Waals surface area contributed by atoms with Crippen LogP contribution in [-0.4, -0.2) is 36.2 Å². The summed E-state index contributed by atoms with van der Waals surface area (Å²) >= 11 is 0. The number of hydrogen-bond donors (Lipinski definition) is 1. The van der Waals surface area contributed by atoms with Gasteiger partial charge in [0.2, 0.25) is 0 Å². The molecule has 3 atom stereocenters. The number of rotatable bonds is 10. The number of ether oxygens (including phenoxy) is 2. The Morgan fingerprint density at radius 1 is 1.27 bits per heavy atom. The van der Waals surface area contributed by atoms with E-state index in [1.165, 1.54) is 0 Å². The van der Waals surface area contributed by atoms with E-state index in [0.717, 1.165) is 5.56 Å². The first-order valence-electron chi connectivity index (χ1n) is 7.48. The highest BCUT2D eigenvalue weighted by molar-refractivity contribution is 7.25. The Balaban J connectivity index is 2.95. The van der Waals surface area contributed by atoms with Crippen LogP contribution in [0.4, 0.5) is 0 Å². The van der Waals surface area contributed by atoms with Crippen molar-refractivity contribution in [3.05, 3.63) is 35.9 Å². The number of hydrogen-bond acceptors (Lipinski definition) is 5. The van der Waals surface area contributed by atoms with Gasteiger partial charge in [-0.2, -0.15) is 0 Å². The molecule has 0 heterocycles.